The lowest BCUT2D eigenvalue weighted by Gasteiger charge is -2.29. The van der Waals surface area contributed by atoms with Crippen LogP contribution in [0.3, 0.4) is 0 Å². The number of carbonyl (C=O) groups is 1. The van der Waals surface area contributed by atoms with Gasteiger partial charge in [-0.15, -0.1) is 0 Å². The summed E-state index contributed by atoms with van der Waals surface area (Å²) in [6.45, 7) is 5.89. The highest BCUT2D eigenvalue weighted by molar-refractivity contribution is 5.90. The van der Waals surface area contributed by atoms with E-state index in [4.69, 9.17) is 0 Å². The number of hydrogen-bond donors (Lipinski definition) is 1. The van der Waals surface area contributed by atoms with E-state index in [0.717, 1.165) is 24.5 Å². The first kappa shape index (κ1) is 13.1. The highest BCUT2D eigenvalue weighted by Crippen LogP contribution is 2.35. The molecule has 2 atom stereocenters. The Morgan fingerprint density at radius 3 is 2.72 bits per heavy atom. The number of aromatic nitrogens is 2. The minimum atomic E-state index is -0.862. The van der Waals surface area contributed by atoms with Crippen molar-refractivity contribution >= 4 is 5.97 Å². The van der Waals surface area contributed by atoms with Crippen LogP contribution in [0.5, 0.6) is 0 Å². The molecule has 100 valence electrons. The van der Waals surface area contributed by atoms with Crippen molar-refractivity contribution < 1.29 is 9.90 Å². The summed E-state index contributed by atoms with van der Waals surface area (Å²) in [5.41, 5.74) is 1.83. The summed E-state index contributed by atoms with van der Waals surface area (Å²) < 4.78 is 1.96. The fraction of sp³-hybridized carbons (Fsp3) is 0.714. The summed E-state index contributed by atoms with van der Waals surface area (Å²) in [5, 5.41) is 13.7. The minimum absolute atomic E-state index is 0.383. The molecule has 0 spiro atoms. The summed E-state index contributed by atoms with van der Waals surface area (Å²) in [6.07, 6.45) is 6.00. The first-order valence-corrected chi connectivity index (χ1v) is 6.83. The van der Waals surface area contributed by atoms with E-state index in [1.807, 2.05) is 11.6 Å². The SMILES string of the molecule is CCC1CCCC(n2nc(C)c(C(=O)O)c2C)C1. The first-order chi connectivity index (χ1) is 8.54. The smallest absolute Gasteiger partial charge is 0.339 e. The van der Waals surface area contributed by atoms with Crippen LogP contribution in [0.15, 0.2) is 0 Å². The summed E-state index contributed by atoms with van der Waals surface area (Å²) >= 11 is 0. The number of hydrogen-bond acceptors (Lipinski definition) is 2. The molecule has 0 amide bonds. The topological polar surface area (TPSA) is 55.1 Å². The molecule has 18 heavy (non-hydrogen) atoms. The van der Waals surface area contributed by atoms with E-state index in [-0.39, 0.29) is 0 Å². The zero-order chi connectivity index (χ0) is 13.3. The van der Waals surface area contributed by atoms with Gasteiger partial charge in [0.05, 0.1) is 17.4 Å². The van der Waals surface area contributed by atoms with Crippen molar-refractivity contribution in [1.29, 1.82) is 0 Å². The van der Waals surface area contributed by atoms with Gasteiger partial charge in [0.1, 0.15) is 5.56 Å². The van der Waals surface area contributed by atoms with E-state index in [1.54, 1.807) is 6.92 Å². The van der Waals surface area contributed by atoms with Crippen LogP contribution in [0, 0.1) is 19.8 Å². The highest BCUT2D eigenvalue weighted by atomic mass is 16.4. The molecule has 1 aliphatic carbocycles. The van der Waals surface area contributed by atoms with Crippen molar-refractivity contribution in [3.8, 4) is 0 Å². The molecule has 1 N–H and O–H groups in total. The van der Waals surface area contributed by atoms with Crippen LogP contribution in [0.4, 0.5) is 0 Å². The third-order valence-corrected chi connectivity index (χ3v) is 4.22. The highest BCUT2D eigenvalue weighted by Gasteiger charge is 2.26. The van der Waals surface area contributed by atoms with Crippen molar-refractivity contribution in [1.82, 2.24) is 9.78 Å². The summed E-state index contributed by atoms with van der Waals surface area (Å²) in [5.74, 6) is -0.0972. The second kappa shape index (κ2) is 5.12. The fourth-order valence-corrected chi connectivity index (χ4v) is 3.18. The third kappa shape index (κ3) is 2.28. The maximum atomic E-state index is 11.2. The molecule has 2 rings (SSSR count). The number of carboxylic acid groups (broad SMARTS) is 1. The molecular formula is C14H22N2O2. The molecule has 1 fully saturated rings. The van der Waals surface area contributed by atoms with Gasteiger partial charge in [0, 0.05) is 0 Å². The molecule has 0 saturated heterocycles. The van der Waals surface area contributed by atoms with Gasteiger partial charge in [0.2, 0.25) is 0 Å². The molecular weight excluding hydrogens is 228 g/mol. The predicted molar refractivity (Wildman–Crippen MR) is 69.9 cm³/mol. The number of aryl methyl sites for hydroxylation is 1. The van der Waals surface area contributed by atoms with Crippen LogP contribution >= 0.6 is 0 Å². The lowest BCUT2D eigenvalue weighted by atomic mass is 9.84. The zero-order valence-corrected chi connectivity index (χ0v) is 11.4. The van der Waals surface area contributed by atoms with E-state index >= 15 is 0 Å². The average molecular weight is 250 g/mol. The monoisotopic (exact) mass is 250 g/mol. The van der Waals surface area contributed by atoms with Gasteiger partial charge in [-0.2, -0.15) is 5.10 Å². The van der Waals surface area contributed by atoms with Gasteiger partial charge >= 0.3 is 5.97 Å². The molecule has 1 heterocycles. The number of aromatic carboxylic acids is 1. The van der Waals surface area contributed by atoms with E-state index in [9.17, 15) is 9.90 Å². The molecule has 1 aromatic heterocycles. The van der Waals surface area contributed by atoms with Crippen molar-refractivity contribution in [3.63, 3.8) is 0 Å². The Labute approximate surface area is 108 Å². The first-order valence-electron chi connectivity index (χ1n) is 6.83. The average Bonchev–Trinajstić information content (AvgIpc) is 2.65. The van der Waals surface area contributed by atoms with Crippen LogP contribution in [0.2, 0.25) is 0 Å². The van der Waals surface area contributed by atoms with E-state index in [0.29, 0.717) is 17.3 Å². The van der Waals surface area contributed by atoms with Crippen LogP contribution in [0.25, 0.3) is 0 Å². The van der Waals surface area contributed by atoms with Crippen molar-refractivity contribution in [2.75, 3.05) is 0 Å². The maximum Gasteiger partial charge on any atom is 0.339 e. The molecule has 0 radical (unpaired) electrons. The normalized spacial score (nSPS) is 24.2. The van der Waals surface area contributed by atoms with Gasteiger partial charge in [0.25, 0.3) is 0 Å². The Balaban J connectivity index is 2.28. The number of rotatable bonds is 3. The van der Waals surface area contributed by atoms with E-state index in [2.05, 4.69) is 12.0 Å². The van der Waals surface area contributed by atoms with Crippen molar-refractivity contribution in [2.24, 2.45) is 5.92 Å². The second-order valence-electron chi connectivity index (χ2n) is 5.39. The van der Waals surface area contributed by atoms with Gasteiger partial charge in [0.15, 0.2) is 0 Å². The molecule has 0 bridgehead atoms. The Bertz CT molecular complexity index is 451. The van der Waals surface area contributed by atoms with E-state index < -0.39 is 5.97 Å². The molecule has 2 unspecified atom stereocenters. The zero-order valence-electron chi connectivity index (χ0n) is 11.4. The molecule has 1 aromatic rings. The lowest BCUT2D eigenvalue weighted by Crippen LogP contribution is -2.21. The minimum Gasteiger partial charge on any atom is -0.478 e. The Morgan fingerprint density at radius 2 is 2.17 bits per heavy atom. The standard InChI is InChI=1S/C14H22N2O2/c1-4-11-6-5-7-12(8-11)16-10(3)13(14(17)18)9(2)15-16/h11-12H,4-8H2,1-3H3,(H,17,18). The molecule has 4 nitrogen and oxygen atoms in total. The molecule has 4 heteroatoms. The number of carboxylic acids is 1. The van der Waals surface area contributed by atoms with Gasteiger partial charge in [-0.25, -0.2) is 4.79 Å². The predicted octanol–water partition coefficient (Wildman–Crippen LogP) is 3.34. The van der Waals surface area contributed by atoms with Gasteiger partial charge in [-0.1, -0.05) is 26.2 Å². The van der Waals surface area contributed by atoms with Gasteiger partial charge in [-0.05, 0) is 32.6 Å². The van der Waals surface area contributed by atoms with Crippen molar-refractivity contribution in [2.45, 2.75) is 58.9 Å². The quantitative estimate of drug-likeness (QED) is 0.895. The Morgan fingerprint density at radius 1 is 1.44 bits per heavy atom. The lowest BCUT2D eigenvalue weighted by molar-refractivity contribution is 0.0695. The molecule has 0 aliphatic heterocycles. The van der Waals surface area contributed by atoms with Crippen LogP contribution < -0.4 is 0 Å². The van der Waals surface area contributed by atoms with Gasteiger partial charge < -0.3 is 5.11 Å². The summed E-state index contributed by atoms with van der Waals surface area (Å²) in [4.78, 5) is 11.2. The second-order valence-corrected chi connectivity index (χ2v) is 5.39. The summed E-state index contributed by atoms with van der Waals surface area (Å²) in [6, 6.07) is 0.385. The van der Waals surface area contributed by atoms with Crippen molar-refractivity contribution in [3.05, 3.63) is 17.0 Å². The Hall–Kier alpha value is -1.32. The van der Waals surface area contributed by atoms with Crippen LogP contribution in [-0.2, 0) is 0 Å². The van der Waals surface area contributed by atoms with Crippen LogP contribution in [-0.4, -0.2) is 20.9 Å². The van der Waals surface area contributed by atoms with E-state index in [1.165, 1.54) is 19.3 Å². The molecule has 1 saturated carbocycles. The summed E-state index contributed by atoms with van der Waals surface area (Å²) in [7, 11) is 0. The number of nitrogens with zero attached hydrogens (tertiary/aromatic N) is 2. The van der Waals surface area contributed by atoms with Crippen LogP contribution in [0.1, 0.15) is 66.8 Å². The molecule has 0 aromatic carbocycles. The van der Waals surface area contributed by atoms with Gasteiger partial charge in [-0.3, -0.25) is 4.68 Å². The largest absolute Gasteiger partial charge is 0.478 e. The maximum absolute atomic E-state index is 11.2. The molecule has 1 aliphatic rings. The Kier molecular flexibility index (Phi) is 3.73. The fourth-order valence-electron chi connectivity index (χ4n) is 3.18. The third-order valence-electron chi connectivity index (χ3n) is 4.22.